The number of rotatable bonds is 37. The van der Waals surface area contributed by atoms with Crippen molar-refractivity contribution in [1.29, 1.82) is 0 Å². The molecule has 0 saturated heterocycles. The first-order valence-corrected chi connectivity index (χ1v) is 22.2. The molecule has 0 spiro atoms. The molecule has 0 heterocycles. The number of nitrogens with two attached hydrogens (primary N) is 1. The van der Waals surface area contributed by atoms with Gasteiger partial charge in [0.05, 0.1) is 13.2 Å². The van der Waals surface area contributed by atoms with E-state index in [0.717, 1.165) is 57.8 Å². The van der Waals surface area contributed by atoms with Crippen LogP contribution >= 0.6 is 7.82 Å². The van der Waals surface area contributed by atoms with Crippen molar-refractivity contribution in [2.45, 2.75) is 148 Å². The number of hydrogen-bond donors (Lipinski definition) is 2. The number of esters is 2. The van der Waals surface area contributed by atoms with Crippen LogP contribution in [-0.2, 0) is 32.7 Å². The lowest BCUT2D eigenvalue weighted by Crippen LogP contribution is -2.29. The summed E-state index contributed by atoms with van der Waals surface area (Å²) in [5, 5.41) is 0. The molecule has 9 nitrogen and oxygen atoms in total. The molecule has 55 heavy (non-hydrogen) atoms. The van der Waals surface area contributed by atoms with E-state index in [4.69, 9.17) is 24.3 Å². The van der Waals surface area contributed by atoms with E-state index in [1.54, 1.807) is 0 Å². The Morgan fingerprint density at radius 3 is 1.40 bits per heavy atom. The maximum absolute atomic E-state index is 12.5. The standard InChI is InChI=1S/C45H74NO8P/c1-3-5-7-9-11-13-15-17-19-20-21-22-24-26-28-30-32-34-36-38-45(48)54-43(42-53-55(49,50)52-40-39-46)41-51-44(47)37-35-33-31-29-27-25-23-18-16-14-12-10-8-6-4-2/h11-14,17-19,21-23,26-29,32,34,43H,3-10,15-16,20,24-25,30-31,33,35-42,46H2,1-2H3,(H,49,50)/b13-11+,14-12+,19-17+,22-21+,23-18+,28-26+,29-27+,34-32+/t43-/m1/s1. The predicted molar refractivity (Wildman–Crippen MR) is 228 cm³/mol. The fraction of sp³-hybridized carbons (Fsp3) is 0.600. The number of carbonyl (C=O) groups excluding carboxylic acids is 2. The van der Waals surface area contributed by atoms with E-state index < -0.39 is 32.5 Å². The minimum Gasteiger partial charge on any atom is -0.462 e. The third kappa shape index (κ3) is 40.4. The van der Waals surface area contributed by atoms with Crippen molar-refractivity contribution < 1.29 is 37.6 Å². The zero-order chi connectivity index (χ0) is 40.3. The molecule has 0 radical (unpaired) electrons. The van der Waals surface area contributed by atoms with E-state index in [2.05, 4.69) is 98.9 Å². The monoisotopic (exact) mass is 788 g/mol. The Balaban J connectivity index is 4.41. The topological polar surface area (TPSA) is 134 Å². The molecule has 0 aliphatic carbocycles. The molecule has 10 heteroatoms. The first-order valence-electron chi connectivity index (χ1n) is 20.7. The van der Waals surface area contributed by atoms with Gasteiger partial charge < -0.3 is 20.1 Å². The lowest BCUT2D eigenvalue weighted by atomic mass is 10.1. The molecular weight excluding hydrogens is 713 g/mol. The summed E-state index contributed by atoms with van der Waals surface area (Å²) in [7, 11) is -4.41. The number of ether oxygens (including phenoxy) is 2. The maximum atomic E-state index is 12.5. The van der Waals surface area contributed by atoms with Crippen LogP contribution in [0.25, 0.3) is 0 Å². The zero-order valence-corrected chi connectivity index (χ0v) is 35.0. The molecule has 0 aliphatic rings. The first kappa shape index (κ1) is 51.9. The summed E-state index contributed by atoms with van der Waals surface area (Å²) in [6.45, 7) is 3.51. The van der Waals surface area contributed by atoms with Gasteiger partial charge in [-0.3, -0.25) is 18.6 Å². The summed E-state index contributed by atoms with van der Waals surface area (Å²) in [6, 6.07) is 0. The van der Waals surface area contributed by atoms with E-state index in [0.29, 0.717) is 12.8 Å². The molecule has 0 aliphatic heterocycles. The summed E-state index contributed by atoms with van der Waals surface area (Å²) in [6.07, 6.45) is 51.7. The van der Waals surface area contributed by atoms with Gasteiger partial charge in [-0.2, -0.15) is 0 Å². The highest BCUT2D eigenvalue weighted by Gasteiger charge is 2.25. The largest absolute Gasteiger partial charge is 0.472 e. The van der Waals surface area contributed by atoms with Gasteiger partial charge in [-0.1, -0.05) is 137 Å². The van der Waals surface area contributed by atoms with Crippen molar-refractivity contribution in [1.82, 2.24) is 0 Å². The third-order valence-corrected chi connectivity index (χ3v) is 8.94. The second kappa shape index (κ2) is 40.6. The van der Waals surface area contributed by atoms with E-state index >= 15 is 0 Å². The van der Waals surface area contributed by atoms with Gasteiger partial charge >= 0.3 is 19.8 Å². The lowest BCUT2D eigenvalue weighted by molar-refractivity contribution is -0.161. The van der Waals surface area contributed by atoms with Gasteiger partial charge in [0.15, 0.2) is 6.10 Å². The second-order valence-corrected chi connectivity index (χ2v) is 14.6. The van der Waals surface area contributed by atoms with Crippen LogP contribution < -0.4 is 5.73 Å². The Hall–Kier alpha value is -3.07. The quantitative estimate of drug-likeness (QED) is 0.0273. The summed E-state index contributed by atoms with van der Waals surface area (Å²) in [5.74, 6) is -0.981. The van der Waals surface area contributed by atoms with Crippen LogP contribution in [0.1, 0.15) is 142 Å². The first-order chi connectivity index (χ1) is 26.8. The number of phosphoric acid groups is 1. The van der Waals surface area contributed by atoms with E-state index in [9.17, 15) is 19.0 Å². The van der Waals surface area contributed by atoms with Gasteiger partial charge in [0.2, 0.25) is 0 Å². The molecule has 0 amide bonds. The second-order valence-electron chi connectivity index (χ2n) is 13.1. The predicted octanol–water partition coefficient (Wildman–Crippen LogP) is 11.8. The molecule has 0 fully saturated rings. The van der Waals surface area contributed by atoms with Gasteiger partial charge in [0.1, 0.15) is 6.61 Å². The van der Waals surface area contributed by atoms with Gasteiger partial charge in [-0.25, -0.2) is 4.57 Å². The van der Waals surface area contributed by atoms with Crippen LogP contribution in [0.2, 0.25) is 0 Å². The van der Waals surface area contributed by atoms with Crippen LogP contribution in [0.15, 0.2) is 97.2 Å². The third-order valence-electron chi connectivity index (χ3n) is 7.96. The molecule has 0 aromatic rings. The number of hydrogen-bond acceptors (Lipinski definition) is 8. The summed E-state index contributed by atoms with van der Waals surface area (Å²) < 4.78 is 32.6. The molecular formula is C45H74NO8P. The highest BCUT2D eigenvalue weighted by molar-refractivity contribution is 7.47. The van der Waals surface area contributed by atoms with Gasteiger partial charge in [0.25, 0.3) is 0 Å². The summed E-state index contributed by atoms with van der Waals surface area (Å²) >= 11 is 0. The van der Waals surface area contributed by atoms with Crippen molar-refractivity contribution in [3.63, 3.8) is 0 Å². The Labute approximate surface area is 334 Å². The van der Waals surface area contributed by atoms with E-state index in [1.807, 2.05) is 12.2 Å². The van der Waals surface area contributed by atoms with Crippen LogP contribution in [0.5, 0.6) is 0 Å². The van der Waals surface area contributed by atoms with Crippen LogP contribution in [0.3, 0.4) is 0 Å². The van der Waals surface area contributed by atoms with Crippen molar-refractivity contribution >= 4 is 19.8 Å². The molecule has 0 saturated carbocycles. The Morgan fingerprint density at radius 2 is 0.964 bits per heavy atom. The Bertz CT molecular complexity index is 1220. The molecule has 312 valence electrons. The summed E-state index contributed by atoms with van der Waals surface area (Å²) in [4.78, 5) is 34.8. The van der Waals surface area contributed by atoms with Crippen molar-refractivity contribution in [3.05, 3.63) is 97.2 Å². The molecule has 1 unspecified atom stereocenters. The zero-order valence-electron chi connectivity index (χ0n) is 34.1. The molecule has 0 aromatic heterocycles. The van der Waals surface area contributed by atoms with Gasteiger partial charge in [0, 0.05) is 19.4 Å². The lowest BCUT2D eigenvalue weighted by Gasteiger charge is -2.19. The fourth-order valence-corrected chi connectivity index (χ4v) is 5.62. The minimum atomic E-state index is -4.41. The smallest absolute Gasteiger partial charge is 0.462 e. The van der Waals surface area contributed by atoms with Crippen molar-refractivity contribution in [3.8, 4) is 0 Å². The van der Waals surface area contributed by atoms with Crippen molar-refractivity contribution in [2.75, 3.05) is 26.4 Å². The SMILES string of the molecule is CCCCC/C=C/C/C=C/C/C=C/C/C=C/C/C=C/CCC(=O)O[C@H](COC(=O)CCCC/C=C/C/C=C/C/C=C/CCCCC)COP(=O)(O)OCCN. The van der Waals surface area contributed by atoms with Crippen LogP contribution in [0.4, 0.5) is 0 Å². The van der Waals surface area contributed by atoms with Crippen LogP contribution in [-0.4, -0.2) is 49.3 Å². The molecule has 2 atom stereocenters. The Kier molecular flexibility index (Phi) is 38.3. The normalized spacial score (nSPS) is 14.3. The number of unbranched alkanes of at least 4 members (excludes halogenated alkanes) is 8. The number of allylic oxidation sites excluding steroid dienone is 16. The molecule has 0 rings (SSSR count). The number of phosphoric ester groups is 1. The van der Waals surface area contributed by atoms with Gasteiger partial charge in [-0.15, -0.1) is 0 Å². The highest BCUT2D eigenvalue weighted by Crippen LogP contribution is 2.43. The maximum Gasteiger partial charge on any atom is 0.472 e. The van der Waals surface area contributed by atoms with E-state index in [-0.39, 0.29) is 32.6 Å². The minimum absolute atomic E-state index is 0.0316. The highest BCUT2D eigenvalue weighted by atomic mass is 31.2. The molecule has 0 aromatic carbocycles. The average molecular weight is 788 g/mol. The molecule has 0 bridgehead atoms. The van der Waals surface area contributed by atoms with Crippen LogP contribution in [0, 0.1) is 0 Å². The summed E-state index contributed by atoms with van der Waals surface area (Å²) in [5.41, 5.74) is 5.33. The Morgan fingerprint density at radius 1 is 0.545 bits per heavy atom. The fourth-order valence-electron chi connectivity index (χ4n) is 4.86. The number of carbonyl (C=O) groups is 2. The van der Waals surface area contributed by atoms with Crippen molar-refractivity contribution in [2.24, 2.45) is 5.73 Å². The van der Waals surface area contributed by atoms with Gasteiger partial charge in [-0.05, 0) is 89.9 Å². The average Bonchev–Trinajstić information content (AvgIpc) is 3.17. The molecule has 3 N–H and O–H groups in total. The van der Waals surface area contributed by atoms with E-state index in [1.165, 1.54) is 44.9 Å².